The fourth-order valence-electron chi connectivity index (χ4n) is 3.17. The van der Waals surface area contributed by atoms with Crippen LogP contribution in [0.4, 0.5) is 0 Å². The zero-order chi connectivity index (χ0) is 16.6. The van der Waals surface area contributed by atoms with Gasteiger partial charge in [0.2, 0.25) is 0 Å². The van der Waals surface area contributed by atoms with Gasteiger partial charge in [0.25, 0.3) is 0 Å². The van der Waals surface area contributed by atoms with Crippen molar-refractivity contribution < 1.29 is 18.4 Å². The molecule has 0 radical (unpaired) electrons. The molecule has 0 aliphatic heterocycles. The molecule has 0 aromatic heterocycles. The highest BCUT2D eigenvalue weighted by Crippen LogP contribution is 2.31. The van der Waals surface area contributed by atoms with E-state index in [1.807, 2.05) is 0 Å². The van der Waals surface area contributed by atoms with E-state index in [4.69, 9.17) is 13.3 Å². The lowest BCUT2D eigenvalue weighted by atomic mass is 9.82. The van der Waals surface area contributed by atoms with Crippen LogP contribution in [0.25, 0.3) is 0 Å². The van der Waals surface area contributed by atoms with Crippen LogP contribution in [0.5, 0.6) is 0 Å². The van der Waals surface area contributed by atoms with Crippen molar-refractivity contribution >= 4 is 8.80 Å². The molecule has 0 bridgehead atoms. The van der Waals surface area contributed by atoms with Gasteiger partial charge in [0.05, 0.1) is 6.10 Å². The maximum atomic E-state index is 10.4. The van der Waals surface area contributed by atoms with Gasteiger partial charge in [0, 0.05) is 33.4 Å². The van der Waals surface area contributed by atoms with Crippen LogP contribution < -0.4 is 5.32 Å². The summed E-state index contributed by atoms with van der Waals surface area (Å²) in [5.41, 5.74) is 0. The average molecular weight is 334 g/mol. The van der Waals surface area contributed by atoms with E-state index >= 15 is 0 Å². The molecule has 1 rings (SSSR count). The molecule has 0 saturated heterocycles. The van der Waals surface area contributed by atoms with Crippen LogP contribution in [-0.4, -0.2) is 53.9 Å². The van der Waals surface area contributed by atoms with Crippen molar-refractivity contribution in [3.8, 4) is 0 Å². The summed E-state index contributed by atoms with van der Waals surface area (Å²) in [6, 6.07) is 1.07. The quantitative estimate of drug-likeness (QED) is 0.601. The van der Waals surface area contributed by atoms with Crippen LogP contribution in [-0.2, 0) is 13.3 Å². The van der Waals surface area contributed by atoms with Crippen LogP contribution in [0.3, 0.4) is 0 Å². The first-order valence-corrected chi connectivity index (χ1v) is 10.5. The zero-order valence-corrected chi connectivity index (χ0v) is 15.9. The summed E-state index contributed by atoms with van der Waals surface area (Å²) in [4.78, 5) is 0. The predicted octanol–water partition coefficient (Wildman–Crippen LogP) is 2.42. The van der Waals surface area contributed by atoms with Crippen LogP contribution in [0, 0.1) is 11.8 Å². The largest absolute Gasteiger partial charge is 0.500 e. The van der Waals surface area contributed by atoms with Crippen LogP contribution in [0.15, 0.2) is 0 Å². The van der Waals surface area contributed by atoms with Crippen LogP contribution in [0.1, 0.15) is 46.0 Å². The Morgan fingerprint density at radius 2 is 1.82 bits per heavy atom. The SMILES string of the molecule is CCC(C)CNC1CCC(CC[Si](OC)(OC)OC)CC1O. The first-order chi connectivity index (χ1) is 10.5. The first-order valence-electron chi connectivity index (χ1n) is 8.57. The van der Waals surface area contributed by atoms with E-state index in [-0.39, 0.29) is 12.1 Å². The Kier molecular flexibility index (Phi) is 9.12. The second kappa shape index (κ2) is 10.0. The molecule has 22 heavy (non-hydrogen) atoms. The van der Waals surface area contributed by atoms with E-state index in [0.29, 0.717) is 11.8 Å². The fraction of sp³-hybridized carbons (Fsp3) is 1.00. The van der Waals surface area contributed by atoms with Gasteiger partial charge in [-0.3, -0.25) is 0 Å². The number of aliphatic hydroxyl groups excluding tert-OH is 1. The highest BCUT2D eigenvalue weighted by Gasteiger charge is 2.39. The molecule has 0 aromatic carbocycles. The maximum Gasteiger partial charge on any atom is 0.500 e. The third kappa shape index (κ3) is 5.90. The zero-order valence-electron chi connectivity index (χ0n) is 14.9. The number of nitrogens with one attached hydrogen (secondary N) is 1. The summed E-state index contributed by atoms with van der Waals surface area (Å²) in [7, 11) is 2.50. The van der Waals surface area contributed by atoms with E-state index in [1.54, 1.807) is 21.3 Å². The summed E-state index contributed by atoms with van der Waals surface area (Å²) < 4.78 is 16.4. The van der Waals surface area contributed by atoms with E-state index in [1.165, 1.54) is 6.42 Å². The minimum atomic E-state index is -2.47. The van der Waals surface area contributed by atoms with Crippen molar-refractivity contribution in [2.45, 2.75) is 64.1 Å². The first kappa shape index (κ1) is 20.1. The molecule has 1 aliphatic rings. The minimum Gasteiger partial charge on any atom is -0.391 e. The summed E-state index contributed by atoms with van der Waals surface area (Å²) in [5, 5.41) is 13.9. The molecule has 1 fully saturated rings. The highest BCUT2D eigenvalue weighted by atomic mass is 28.4. The molecule has 2 N–H and O–H groups in total. The Morgan fingerprint density at radius 1 is 1.18 bits per heavy atom. The minimum absolute atomic E-state index is 0.244. The molecular weight excluding hydrogens is 298 g/mol. The molecule has 0 aromatic rings. The van der Waals surface area contributed by atoms with Gasteiger partial charge in [0.15, 0.2) is 0 Å². The van der Waals surface area contributed by atoms with Gasteiger partial charge in [-0.05, 0) is 44.1 Å². The van der Waals surface area contributed by atoms with E-state index < -0.39 is 8.80 Å². The van der Waals surface area contributed by atoms with Crippen molar-refractivity contribution in [2.75, 3.05) is 27.9 Å². The molecule has 0 spiro atoms. The van der Waals surface area contributed by atoms with Crippen LogP contribution in [0.2, 0.25) is 6.04 Å². The molecule has 0 amide bonds. The number of hydrogen-bond donors (Lipinski definition) is 2. The lowest BCUT2D eigenvalue weighted by Crippen LogP contribution is -2.46. The molecule has 1 aliphatic carbocycles. The topological polar surface area (TPSA) is 60.0 Å². The normalized spacial score (nSPS) is 27.8. The highest BCUT2D eigenvalue weighted by molar-refractivity contribution is 6.60. The number of hydrogen-bond acceptors (Lipinski definition) is 5. The molecule has 5 nitrogen and oxygen atoms in total. The Labute approximate surface area is 137 Å². The fourth-order valence-corrected chi connectivity index (χ4v) is 5.04. The van der Waals surface area contributed by atoms with Crippen molar-refractivity contribution in [2.24, 2.45) is 11.8 Å². The summed E-state index contributed by atoms with van der Waals surface area (Å²) in [5.74, 6) is 1.20. The molecule has 132 valence electrons. The van der Waals surface area contributed by atoms with Gasteiger partial charge in [-0.2, -0.15) is 0 Å². The van der Waals surface area contributed by atoms with Crippen molar-refractivity contribution in [3.05, 3.63) is 0 Å². The van der Waals surface area contributed by atoms with Gasteiger partial charge < -0.3 is 23.7 Å². The Balaban J connectivity index is 2.36. The van der Waals surface area contributed by atoms with Crippen LogP contribution >= 0.6 is 0 Å². The molecule has 4 atom stereocenters. The van der Waals surface area contributed by atoms with Crippen molar-refractivity contribution in [3.63, 3.8) is 0 Å². The standard InChI is InChI=1S/C16H35NO4Si/c1-6-13(2)12-17-15-8-7-14(11-16(15)18)9-10-22(19-3,20-4)21-5/h13-18H,6-12H2,1-5H3. The third-order valence-electron chi connectivity index (χ3n) is 5.14. The van der Waals surface area contributed by atoms with E-state index in [2.05, 4.69) is 19.2 Å². The number of rotatable bonds is 10. The summed E-state index contributed by atoms with van der Waals surface area (Å²) in [6.07, 6.45) is 4.99. The molecular formula is C16H35NO4Si. The lowest BCUT2D eigenvalue weighted by molar-refractivity contribution is 0.0596. The second-order valence-corrected chi connectivity index (χ2v) is 9.70. The predicted molar refractivity (Wildman–Crippen MR) is 90.8 cm³/mol. The summed E-state index contributed by atoms with van der Waals surface area (Å²) >= 11 is 0. The van der Waals surface area contributed by atoms with Gasteiger partial charge >= 0.3 is 8.80 Å². The molecule has 4 unspecified atom stereocenters. The molecule has 0 heterocycles. The Hall–Kier alpha value is 0.0169. The molecule has 6 heteroatoms. The van der Waals surface area contributed by atoms with Gasteiger partial charge in [-0.15, -0.1) is 0 Å². The lowest BCUT2D eigenvalue weighted by Gasteiger charge is -2.35. The second-order valence-electron chi connectivity index (χ2n) is 6.61. The third-order valence-corrected chi connectivity index (χ3v) is 7.91. The number of aliphatic hydroxyl groups is 1. The molecule has 1 saturated carbocycles. The van der Waals surface area contributed by atoms with Crippen molar-refractivity contribution in [1.82, 2.24) is 5.32 Å². The van der Waals surface area contributed by atoms with Gasteiger partial charge in [-0.25, -0.2) is 0 Å². The monoisotopic (exact) mass is 333 g/mol. The van der Waals surface area contributed by atoms with E-state index in [9.17, 15) is 5.11 Å². The van der Waals surface area contributed by atoms with Crippen molar-refractivity contribution in [1.29, 1.82) is 0 Å². The smallest absolute Gasteiger partial charge is 0.391 e. The van der Waals surface area contributed by atoms with Gasteiger partial charge in [0.1, 0.15) is 0 Å². The average Bonchev–Trinajstić information content (AvgIpc) is 2.55. The Bertz CT molecular complexity index is 294. The maximum absolute atomic E-state index is 10.4. The van der Waals surface area contributed by atoms with Gasteiger partial charge in [-0.1, -0.05) is 20.3 Å². The summed E-state index contributed by atoms with van der Waals surface area (Å²) in [6.45, 7) is 5.45. The van der Waals surface area contributed by atoms with E-state index in [0.717, 1.165) is 38.3 Å². The Morgan fingerprint density at radius 3 is 2.32 bits per heavy atom.